The maximum Gasteiger partial charge on any atom is 0.0917 e. The molecule has 0 amide bonds. The van der Waals surface area contributed by atoms with Crippen LogP contribution in [0.2, 0.25) is 0 Å². The fourth-order valence-electron chi connectivity index (χ4n) is 1.62. The van der Waals surface area contributed by atoms with E-state index in [1.807, 2.05) is 29.1 Å². The molecule has 14 heavy (non-hydrogen) atoms. The SMILES string of the molecule is CC(C)(C)n1ncc2cccc(N)c21. The molecule has 1 aromatic carbocycles. The van der Waals surface area contributed by atoms with Crippen LogP contribution in [-0.4, -0.2) is 9.78 Å². The Bertz CT molecular complexity index is 463. The highest BCUT2D eigenvalue weighted by Crippen LogP contribution is 2.25. The van der Waals surface area contributed by atoms with Crippen molar-refractivity contribution < 1.29 is 0 Å². The van der Waals surface area contributed by atoms with E-state index in [0.717, 1.165) is 16.6 Å². The summed E-state index contributed by atoms with van der Waals surface area (Å²) in [7, 11) is 0. The lowest BCUT2D eigenvalue weighted by molar-refractivity contribution is 0.368. The highest BCUT2D eigenvalue weighted by molar-refractivity contribution is 5.89. The number of fused-ring (bicyclic) bond motifs is 1. The number of rotatable bonds is 0. The van der Waals surface area contributed by atoms with Gasteiger partial charge in [0.25, 0.3) is 0 Å². The van der Waals surface area contributed by atoms with E-state index in [0.29, 0.717) is 0 Å². The molecule has 0 aliphatic rings. The van der Waals surface area contributed by atoms with Gasteiger partial charge in [0.05, 0.1) is 22.9 Å². The maximum atomic E-state index is 5.94. The normalized spacial score (nSPS) is 12.2. The van der Waals surface area contributed by atoms with Crippen LogP contribution in [0.25, 0.3) is 10.9 Å². The monoisotopic (exact) mass is 189 g/mol. The summed E-state index contributed by atoms with van der Waals surface area (Å²) in [5.41, 5.74) is 7.72. The van der Waals surface area contributed by atoms with Gasteiger partial charge >= 0.3 is 0 Å². The van der Waals surface area contributed by atoms with Gasteiger partial charge < -0.3 is 5.73 Å². The number of hydrogen-bond donors (Lipinski definition) is 1. The van der Waals surface area contributed by atoms with Crippen LogP contribution in [0.15, 0.2) is 24.4 Å². The second-order valence-electron chi connectivity index (χ2n) is 4.51. The van der Waals surface area contributed by atoms with Crippen LogP contribution in [0.1, 0.15) is 20.8 Å². The third kappa shape index (κ3) is 1.25. The van der Waals surface area contributed by atoms with E-state index in [-0.39, 0.29) is 5.54 Å². The molecule has 1 aromatic heterocycles. The third-order valence-electron chi connectivity index (χ3n) is 2.26. The van der Waals surface area contributed by atoms with Crippen molar-refractivity contribution in [2.45, 2.75) is 26.3 Å². The molecule has 0 aliphatic carbocycles. The fraction of sp³-hybridized carbons (Fsp3) is 0.364. The van der Waals surface area contributed by atoms with Gasteiger partial charge in [-0.3, -0.25) is 4.68 Å². The van der Waals surface area contributed by atoms with Crippen molar-refractivity contribution in [3.8, 4) is 0 Å². The molecule has 0 saturated carbocycles. The molecule has 74 valence electrons. The number of benzene rings is 1. The molecule has 0 saturated heterocycles. The Labute approximate surface area is 83.5 Å². The van der Waals surface area contributed by atoms with Crippen molar-refractivity contribution in [1.82, 2.24) is 9.78 Å². The molecule has 0 atom stereocenters. The number of anilines is 1. The highest BCUT2D eigenvalue weighted by atomic mass is 15.3. The number of para-hydroxylation sites is 1. The summed E-state index contributed by atoms with van der Waals surface area (Å²) in [6.45, 7) is 6.35. The first-order valence-electron chi connectivity index (χ1n) is 4.73. The zero-order valence-electron chi connectivity index (χ0n) is 8.78. The largest absolute Gasteiger partial charge is 0.397 e. The van der Waals surface area contributed by atoms with Gasteiger partial charge in [-0.05, 0) is 26.8 Å². The molecule has 2 aromatic rings. The molecule has 2 N–H and O–H groups in total. The van der Waals surface area contributed by atoms with Gasteiger partial charge in [-0.15, -0.1) is 0 Å². The molecular formula is C11H15N3. The molecular weight excluding hydrogens is 174 g/mol. The maximum absolute atomic E-state index is 5.94. The molecule has 0 unspecified atom stereocenters. The first-order chi connectivity index (χ1) is 6.50. The zero-order valence-corrected chi connectivity index (χ0v) is 8.78. The standard InChI is InChI=1S/C11H15N3/c1-11(2,3)14-10-8(7-13-14)5-4-6-9(10)12/h4-7H,12H2,1-3H3. The summed E-state index contributed by atoms with van der Waals surface area (Å²) in [5, 5.41) is 5.46. The molecule has 0 fully saturated rings. The van der Waals surface area contributed by atoms with Gasteiger partial charge in [-0.2, -0.15) is 5.10 Å². The number of aromatic nitrogens is 2. The number of nitrogens with zero attached hydrogens (tertiary/aromatic N) is 2. The molecule has 1 heterocycles. The quantitative estimate of drug-likeness (QED) is 0.646. The predicted molar refractivity (Wildman–Crippen MR) is 59.1 cm³/mol. The van der Waals surface area contributed by atoms with E-state index in [1.54, 1.807) is 0 Å². The first kappa shape index (κ1) is 9.06. The lowest BCUT2D eigenvalue weighted by atomic mass is 10.1. The molecule has 0 bridgehead atoms. The summed E-state index contributed by atoms with van der Waals surface area (Å²) in [6, 6.07) is 5.89. The van der Waals surface area contributed by atoms with Crippen LogP contribution < -0.4 is 5.73 Å². The average molecular weight is 189 g/mol. The van der Waals surface area contributed by atoms with Crippen LogP contribution in [0.5, 0.6) is 0 Å². The summed E-state index contributed by atoms with van der Waals surface area (Å²) in [6.07, 6.45) is 1.86. The smallest absolute Gasteiger partial charge is 0.0917 e. The second-order valence-corrected chi connectivity index (χ2v) is 4.51. The van der Waals surface area contributed by atoms with Crippen LogP contribution in [0, 0.1) is 0 Å². The van der Waals surface area contributed by atoms with Crippen LogP contribution in [-0.2, 0) is 5.54 Å². The lowest BCUT2D eigenvalue weighted by Crippen LogP contribution is -2.23. The van der Waals surface area contributed by atoms with Gasteiger partial charge in [0, 0.05) is 5.39 Å². The molecule has 3 heteroatoms. The highest BCUT2D eigenvalue weighted by Gasteiger charge is 2.17. The van der Waals surface area contributed by atoms with Gasteiger partial charge in [0.15, 0.2) is 0 Å². The third-order valence-corrected chi connectivity index (χ3v) is 2.26. The van der Waals surface area contributed by atoms with Crippen LogP contribution in [0.3, 0.4) is 0 Å². The van der Waals surface area contributed by atoms with Crippen molar-refractivity contribution in [2.24, 2.45) is 0 Å². The second kappa shape index (κ2) is 2.74. The Morgan fingerprint density at radius 2 is 2.00 bits per heavy atom. The summed E-state index contributed by atoms with van der Waals surface area (Å²) in [4.78, 5) is 0. The Morgan fingerprint density at radius 3 is 2.64 bits per heavy atom. The summed E-state index contributed by atoms with van der Waals surface area (Å²) in [5.74, 6) is 0. The van der Waals surface area contributed by atoms with E-state index < -0.39 is 0 Å². The number of nitrogens with two attached hydrogens (primary N) is 1. The Balaban J connectivity index is 2.80. The van der Waals surface area contributed by atoms with Gasteiger partial charge in [-0.1, -0.05) is 12.1 Å². The molecule has 0 radical (unpaired) electrons. The molecule has 2 rings (SSSR count). The Kier molecular flexibility index (Phi) is 1.77. The van der Waals surface area contributed by atoms with Crippen molar-refractivity contribution >= 4 is 16.6 Å². The van der Waals surface area contributed by atoms with E-state index in [1.165, 1.54) is 0 Å². The molecule has 0 spiro atoms. The van der Waals surface area contributed by atoms with Gasteiger partial charge in [-0.25, -0.2) is 0 Å². The van der Waals surface area contributed by atoms with E-state index in [4.69, 9.17) is 5.73 Å². The molecule has 0 aliphatic heterocycles. The van der Waals surface area contributed by atoms with Crippen LogP contribution >= 0.6 is 0 Å². The van der Waals surface area contributed by atoms with Crippen molar-refractivity contribution in [3.63, 3.8) is 0 Å². The minimum absolute atomic E-state index is 0.0305. The zero-order chi connectivity index (χ0) is 10.3. The first-order valence-corrected chi connectivity index (χ1v) is 4.73. The van der Waals surface area contributed by atoms with Crippen LogP contribution in [0.4, 0.5) is 5.69 Å². The Morgan fingerprint density at radius 1 is 1.29 bits per heavy atom. The van der Waals surface area contributed by atoms with E-state index >= 15 is 0 Å². The van der Waals surface area contributed by atoms with Crippen molar-refractivity contribution in [3.05, 3.63) is 24.4 Å². The number of nitrogen functional groups attached to an aromatic ring is 1. The predicted octanol–water partition coefficient (Wildman–Crippen LogP) is 2.37. The van der Waals surface area contributed by atoms with E-state index in [2.05, 4.69) is 25.9 Å². The van der Waals surface area contributed by atoms with Crippen molar-refractivity contribution in [1.29, 1.82) is 0 Å². The van der Waals surface area contributed by atoms with E-state index in [9.17, 15) is 0 Å². The van der Waals surface area contributed by atoms with Crippen molar-refractivity contribution in [2.75, 3.05) is 5.73 Å². The minimum Gasteiger partial charge on any atom is -0.397 e. The minimum atomic E-state index is -0.0305. The Hall–Kier alpha value is -1.51. The lowest BCUT2D eigenvalue weighted by Gasteiger charge is -2.21. The topological polar surface area (TPSA) is 43.8 Å². The van der Waals surface area contributed by atoms with Gasteiger partial charge in [0.1, 0.15) is 0 Å². The average Bonchev–Trinajstić information content (AvgIpc) is 2.47. The fourth-order valence-corrected chi connectivity index (χ4v) is 1.62. The molecule has 3 nitrogen and oxygen atoms in total. The number of hydrogen-bond acceptors (Lipinski definition) is 2. The summed E-state index contributed by atoms with van der Waals surface area (Å²) >= 11 is 0. The summed E-state index contributed by atoms with van der Waals surface area (Å²) < 4.78 is 1.97. The van der Waals surface area contributed by atoms with Gasteiger partial charge in [0.2, 0.25) is 0 Å².